The second-order valence-corrected chi connectivity index (χ2v) is 10.1. The maximum atomic E-state index is 14.1. The van der Waals surface area contributed by atoms with E-state index in [1.54, 1.807) is 6.07 Å². The number of amides is 1. The molecule has 3 nitrogen and oxygen atoms in total. The Morgan fingerprint density at radius 3 is 2.58 bits per heavy atom. The molecular formula is C25H30ClF2NO2. The topological polar surface area (TPSA) is 29.5 Å². The Bertz CT molecular complexity index is 969. The van der Waals surface area contributed by atoms with Gasteiger partial charge in [0.2, 0.25) is 5.91 Å². The fourth-order valence-corrected chi connectivity index (χ4v) is 4.31. The summed E-state index contributed by atoms with van der Waals surface area (Å²) in [5, 5.41) is -0.134. The summed E-state index contributed by atoms with van der Waals surface area (Å²) in [5.41, 5.74) is 1.95. The zero-order valence-electron chi connectivity index (χ0n) is 18.8. The van der Waals surface area contributed by atoms with Crippen LogP contribution in [0.1, 0.15) is 63.8 Å². The lowest BCUT2D eigenvalue weighted by molar-refractivity contribution is -0.137. The van der Waals surface area contributed by atoms with Crippen molar-refractivity contribution in [2.75, 3.05) is 6.54 Å². The molecule has 1 aliphatic rings. The maximum Gasteiger partial charge on any atom is 0.223 e. The Balaban J connectivity index is 1.81. The molecular weight excluding hydrogens is 420 g/mol. The number of hydrogen-bond donors (Lipinski definition) is 0. The average molecular weight is 450 g/mol. The number of ether oxygens (including phenoxy) is 1. The van der Waals surface area contributed by atoms with E-state index < -0.39 is 11.6 Å². The maximum absolute atomic E-state index is 14.1. The van der Waals surface area contributed by atoms with Crippen LogP contribution in [-0.4, -0.2) is 17.4 Å². The second-order valence-electron chi connectivity index (χ2n) is 9.73. The average Bonchev–Trinajstić information content (AvgIpc) is 2.68. The monoisotopic (exact) mass is 449 g/mol. The van der Waals surface area contributed by atoms with Gasteiger partial charge in [0.25, 0.3) is 0 Å². The van der Waals surface area contributed by atoms with Crippen molar-refractivity contribution in [3.8, 4) is 5.75 Å². The lowest BCUT2D eigenvalue weighted by Gasteiger charge is -2.41. The molecule has 2 aromatic rings. The van der Waals surface area contributed by atoms with E-state index >= 15 is 0 Å². The first-order valence-electron chi connectivity index (χ1n) is 10.7. The summed E-state index contributed by atoms with van der Waals surface area (Å²) in [7, 11) is 0. The van der Waals surface area contributed by atoms with Gasteiger partial charge in [-0.25, -0.2) is 8.78 Å². The van der Waals surface area contributed by atoms with Crippen LogP contribution in [-0.2, 0) is 17.8 Å². The van der Waals surface area contributed by atoms with Gasteiger partial charge in [0, 0.05) is 13.0 Å². The molecule has 3 rings (SSSR count). The summed E-state index contributed by atoms with van der Waals surface area (Å²) < 4.78 is 33.8. The highest BCUT2D eigenvalue weighted by atomic mass is 35.5. The zero-order valence-corrected chi connectivity index (χ0v) is 19.5. The van der Waals surface area contributed by atoms with Gasteiger partial charge in [-0.2, -0.15) is 0 Å². The molecule has 1 atom stereocenters. The van der Waals surface area contributed by atoms with Crippen molar-refractivity contribution in [1.82, 2.24) is 4.90 Å². The lowest BCUT2D eigenvalue weighted by atomic mass is 9.84. The molecule has 0 aliphatic carbocycles. The van der Waals surface area contributed by atoms with Crippen LogP contribution in [0.5, 0.6) is 5.75 Å². The minimum absolute atomic E-state index is 0.00420. The van der Waals surface area contributed by atoms with E-state index in [0.717, 1.165) is 17.2 Å². The molecule has 0 bridgehead atoms. The number of carbonyl (C=O) groups excluding carboxylic acids is 1. The van der Waals surface area contributed by atoms with E-state index in [1.807, 2.05) is 17.0 Å². The summed E-state index contributed by atoms with van der Waals surface area (Å²) >= 11 is 5.76. The first kappa shape index (κ1) is 23.5. The van der Waals surface area contributed by atoms with Gasteiger partial charge in [0.05, 0.1) is 16.6 Å². The fourth-order valence-electron chi connectivity index (χ4n) is 4.14. The van der Waals surface area contributed by atoms with E-state index in [-0.39, 0.29) is 40.5 Å². The predicted octanol–water partition coefficient (Wildman–Crippen LogP) is 6.72. The zero-order chi connectivity index (χ0) is 22.9. The lowest BCUT2D eigenvalue weighted by Crippen LogP contribution is -2.43. The SMILES string of the molecule is CC(C)C1c2ccc(OCc3c(F)ccc(Cl)c3F)cc2CCN1C(=O)CC(C)(C)C. The van der Waals surface area contributed by atoms with Gasteiger partial charge < -0.3 is 9.64 Å². The standard InChI is InChI=1S/C25H30ClF2NO2/c1-15(2)24-18-7-6-17(31-14-19-21(27)9-8-20(26)23(19)28)12-16(18)10-11-29(24)22(30)13-25(3,4)5/h6-9,12,15,24H,10-11,13-14H2,1-5H3. The number of rotatable bonds is 5. The van der Waals surface area contributed by atoms with E-state index in [0.29, 0.717) is 25.1 Å². The number of carbonyl (C=O) groups is 1. The van der Waals surface area contributed by atoms with Crippen LogP contribution in [0.2, 0.25) is 5.02 Å². The van der Waals surface area contributed by atoms with Crippen molar-refractivity contribution >= 4 is 17.5 Å². The first-order chi connectivity index (χ1) is 14.5. The Morgan fingerprint density at radius 2 is 1.94 bits per heavy atom. The number of fused-ring (bicyclic) bond motifs is 1. The van der Waals surface area contributed by atoms with Crippen LogP contribution in [0.15, 0.2) is 30.3 Å². The molecule has 0 aromatic heterocycles. The highest BCUT2D eigenvalue weighted by Gasteiger charge is 2.34. The van der Waals surface area contributed by atoms with E-state index in [1.165, 1.54) is 6.07 Å². The number of hydrogen-bond acceptors (Lipinski definition) is 2. The minimum atomic E-state index is -0.799. The number of benzene rings is 2. The molecule has 1 aliphatic heterocycles. The van der Waals surface area contributed by atoms with Gasteiger partial charge in [-0.3, -0.25) is 4.79 Å². The second kappa shape index (κ2) is 9.15. The molecule has 2 aromatic carbocycles. The Labute approximate surface area is 188 Å². The van der Waals surface area contributed by atoms with Crippen molar-refractivity contribution in [2.45, 2.75) is 60.1 Å². The van der Waals surface area contributed by atoms with Crippen molar-refractivity contribution in [3.05, 3.63) is 63.7 Å². The Hall–Kier alpha value is -2.14. The number of nitrogens with zero attached hydrogens (tertiary/aromatic N) is 1. The van der Waals surface area contributed by atoms with Gasteiger partial charge in [0.15, 0.2) is 5.82 Å². The molecule has 1 unspecified atom stereocenters. The fraction of sp³-hybridized carbons (Fsp3) is 0.480. The molecule has 0 radical (unpaired) electrons. The molecule has 168 valence electrons. The van der Waals surface area contributed by atoms with E-state index in [9.17, 15) is 13.6 Å². The van der Waals surface area contributed by atoms with Crippen LogP contribution < -0.4 is 4.74 Å². The Morgan fingerprint density at radius 1 is 1.23 bits per heavy atom. The van der Waals surface area contributed by atoms with Gasteiger partial charge >= 0.3 is 0 Å². The summed E-state index contributed by atoms with van der Waals surface area (Å²) in [4.78, 5) is 15.0. The highest BCUT2D eigenvalue weighted by molar-refractivity contribution is 6.30. The van der Waals surface area contributed by atoms with Crippen LogP contribution >= 0.6 is 11.6 Å². The van der Waals surface area contributed by atoms with Crippen molar-refractivity contribution in [1.29, 1.82) is 0 Å². The highest BCUT2D eigenvalue weighted by Crippen LogP contribution is 2.38. The van der Waals surface area contributed by atoms with Crippen LogP contribution in [0.3, 0.4) is 0 Å². The third kappa shape index (κ3) is 5.38. The van der Waals surface area contributed by atoms with Gasteiger partial charge in [-0.05, 0) is 53.1 Å². The molecule has 1 amide bonds. The molecule has 6 heteroatoms. The van der Waals surface area contributed by atoms with Crippen LogP contribution in [0.25, 0.3) is 0 Å². The minimum Gasteiger partial charge on any atom is -0.489 e. The van der Waals surface area contributed by atoms with Crippen molar-refractivity contribution in [3.63, 3.8) is 0 Å². The van der Waals surface area contributed by atoms with Crippen molar-refractivity contribution in [2.24, 2.45) is 11.3 Å². The number of halogens is 3. The Kier molecular flexibility index (Phi) is 6.95. The van der Waals surface area contributed by atoms with Gasteiger partial charge in [0.1, 0.15) is 18.2 Å². The van der Waals surface area contributed by atoms with E-state index in [4.69, 9.17) is 16.3 Å². The van der Waals surface area contributed by atoms with E-state index in [2.05, 4.69) is 34.6 Å². The largest absolute Gasteiger partial charge is 0.489 e. The molecule has 31 heavy (non-hydrogen) atoms. The molecule has 0 saturated carbocycles. The van der Waals surface area contributed by atoms with Gasteiger partial charge in [-0.1, -0.05) is 52.3 Å². The summed E-state index contributed by atoms with van der Waals surface area (Å²) in [6.07, 6.45) is 1.22. The normalized spacial score (nSPS) is 16.4. The predicted molar refractivity (Wildman–Crippen MR) is 119 cm³/mol. The molecule has 0 spiro atoms. The summed E-state index contributed by atoms with van der Waals surface area (Å²) in [6, 6.07) is 8.00. The van der Waals surface area contributed by atoms with Crippen LogP contribution in [0.4, 0.5) is 8.78 Å². The van der Waals surface area contributed by atoms with Gasteiger partial charge in [-0.15, -0.1) is 0 Å². The van der Waals surface area contributed by atoms with Crippen LogP contribution in [0, 0.1) is 23.0 Å². The summed E-state index contributed by atoms with van der Waals surface area (Å²) in [6.45, 7) is 10.8. The molecule has 0 fully saturated rings. The van der Waals surface area contributed by atoms with Crippen molar-refractivity contribution < 1.29 is 18.3 Å². The smallest absolute Gasteiger partial charge is 0.223 e. The molecule has 1 heterocycles. The third-order valence-corrected chi connectivity index (χ3v) is 5.84. The third-order valence-electron chi connectivity index (χ3n) is 5.55. The quantitative estimate of drug-likeness (QED) is 0.474. The first-order valence-corrected chi connectivity index (χ1v) is 11.0. The molecule has 0 saturated heterocycles. The summed E-state index contributed by atoms with van der Waals surface area (Å²) in [5.74, 6) is -0.525. The molecule has 0 N–H and O–H groups in total.